The Bertz CT molecular complexity index is 798. The van der Waals surface area contributed by atoms with Gasteiger partial charge < -0.3 is 10.1 Å². The molecule has 2 heterocycles. The van der Waals surface area contributed by atoms with Gasteiger partial charge in [-0.3, -0.25) is 4.79 Å². The van der Waals surface area contributed by atoms with Crippen molar-refractivity contribution < 1.29 is 9.53 Å². The van der Waals surface area contributed by atoms with Crippen molar-refractivity contribution in [1.82, 2.24) is 10.2 Å². The lowest BCUT2D eigenvalue weighted by Crippen LogP contribution is -2.18. The molecular weight excluding hydrogens is 366 g/mol. The lowest BCUT2D eigenvalue weighted by atomic mass is 9.92. The molecule has 1 saturated heterocycles. The Labute approximate surface area is 162 Å². The van der Waals surface area contributed by atoms with E-state index in [1.807, 2.05) is 13.8 Å². The van der Waals surface area contributed by atoms with E-state index in [0.29, 0.717) is 0 Å². The normalized spacial score (nSPS) is 16.8. The molecule has 1 aliphatic heterocycles. The highest BCUT2D eigenvalue weighted by Crippen LogP contribution is 2.32. The predicted molar refractivity (Wildman–Crippen MR) is 108 cm³/mol. The Morgan fingerprint density at radius 2 is 2.15 bits per heavy atom. The van der Waals surface area contributed by atoms with E-state index in [1.165, 1.54) is 11.1 Å². The number of thioether (sulfide) groups is 1. The van der Waals surface area contributed by atoms with Crippen LogP contribution in [0.25, 0.3) is 0 Å². The predicted octanol–water partition coefficient (Wildman–Crippen LogP) is 4.55. The first-order chi connectivity index (χ1) is 12.5. The maximum atomic E-state index is 12.0. The number of nitrogens with one attached hydrogen (secondary N) is 1. The van der Waals surface area contributed by atoms with Gasteiger partial charge >= 0.3 is 0 Å². The molecule has 0 aliphatic carbocycles. The summed E-state index contributed by atoms with van der Waals surface area (Å²) in [6.45, 7) is 9.44. The van der Waals surface area contributed by atoms with Crippen LogP contribution in [-0.4, -0.2) is 35.2 Å². The summed E-state index contributed by atoms with van der Waals surface area (Å²) in [4.78, 5) is 12.0. The fourth-order valence-electron chi connectivity index (χ4n) is 3.47. The summed E-state index contributed by atoms with van der Waals surface area (Å²) in [5.74, 6) is 0.918. The highest BCUT2D eigenvalue weighted by atomic mass is 32.2. The molecule has 3 rings (SSSR count). The summed E-state index contributed by atoms with van der Waals surface area (Å²) >= 11 is 3.24. The number of hydrogen-bond acceptors (Lipinski definition) is 7. The van der Waals surface area contributed by atoms with Crippen LogP contribution in [0.5, 0.6) is 0 Å². The summed E-state index contributed by atoms with van der Waals surface area (Å²) < 4.78 is 6.55. The zero-order chi connectivity index (χ0) is 18.7. The van der Waals surface area contributed by atoms with Crippen molar-refractivity contribution in [3.63, 3.8) is 0 Å². The van der Waals surface area contributed by atoms with Gasteiger partial charge in [0.05, 0.1) is 6.10 Å². The maximum absolute atomic E-state index is 12.0. The average molecular weight is 392 g/mol. The Morgan fingerprint density at radius 3 is 2.85 bits per heavy atom. The molecule has 1 aromatic carbocycles. The van der Waals surface area contributed by atoms with Crippen molar-refractivity contribution in [2.24, 2.45) is 0 Å². The molecule has 0 radical (unpaired) electrons. The number of carbonyl (C=O) groups is 1. The molecule has 1 atom stereocenters. The number of Topliss-reactive ketones (excluding diaryl/α,β-unsaturated/α-hetero) is 1. The largest absolute Gasteiger partial charge is 0.376 e. The third-order valence-electron chi connectivity index (χ3n) is 4.73. The Morgan fingerprint density at radius 1 is 1.35 bits per heavy atom. The smallest absolute Gasteiger partial charge is 0.206 e. The van der Waals surface area contributed by atoms with Gasteiger partial charge in [-0.15, -0.1) is 10.2 Å². The molecule has 1 aliphatic rings. The first-order valence-corrected chi connectivity index (χ1v) is 10.7. The topological polar surface area (TPSA) is 64.1 Å². The third kappa shape index (κ3) is 4.45. The van der Waals surface area contributed by atoms with Gasteiger partial charge in [0.25, 0.3) is 0 Å². The fraction of sp³-hybridized carbons (Fsp3) is 0.526. The van der Waals surface area contributed by atoms with Crippen molar-refractivity contribution in [3.05, 3.63) is 33.9 Å². The SMILES string of the molecule is CC(=O)c1c(C)cc(C)c(CSc2nnc(NCC3CCCO3)s2)c1C. The number of nitrogens with zero attached hydrogens (tertiary/aromatic N) is 2. The summed E-state index contributed by atoms with van der Waals surface area (Å²) in [7, 11) is 0. The minimum absolute atomic E-state index is 0.128. The summed E-state index contributed by atoms with van der Waals surface area (Å²) in [6, 6.07) is 2.11. The Kier molecular flexibility index (Phi) is 6.32. The minimum atomic E-state index is 0.128. The van der Waals surface area contributed by atoms with Crippen LogP contribution in [0, 0.1) is 20.8 Å². The lowest BCUT2D eigenvalue weighted by molar-refractivity contribution is 0.101. The van der Waals surface area contributed by atoms with Gasteiger partial charge in [-0.25, -0.2) is 0 Å². The first-order valence-electron chi connectivity index (χ1n) is 8.88. The Balaban J connectivity index is 1.64. The van der Waals surface area contributed by atoms with E-state index < -0.39 is 0 Å². The molecule has 1 unspecified atom stereocenters. The molecule has 1 N–H and O–H groups in total. The zero-order valence-electron chi connectivity index (χ0n) is 15.7. The van der Waals surface area contributed by atoms with Crippen molar-refractivity contribution in [2.75, 3.05) is 18.5 Å². The van der Waals surface area contributed by atoms with Crippen LogP contribution >= 0.6 is 23.1 Å². The fourth-order valence-corrected chi connectivity index (χ4v) is 5.41. The van der Waals surface area contributed by atoms with Crippen LogP contribution in [0.1, 0.15) is 52.4 Å². The number of aryl methyl sites for hydroxylation is 2. The van der Waals surface area contributed by atoms with Crippen LogP contribution in [0.2, 0.25) is 0 Å². The van der Waals surface area contributed by atoms with Crippen molar-refractivity contribution >= 4 is 34.0 Å². The zero-order valence-corrected chi connectivity index (χ0v) is 17.4. The molecule has 0 spiro atoms. The van der Waals surface area contributed by atoms with Gasteiger partial charge in [-0.2, -0.15) is 0 Å². The summed E-state index contributed by atoms with van der Waals surface area (Å²) in [5.41, 5.74) is 5.43. The van der Waals surface area contributed by atoms with Crippen LogP contribution in [0.4, 0.5) is 5.13 Å². The van der Waals surface area contributed by atoms with Crippen molar-refractivity contribution in [1.29, 1.82) is 0 Å². The molecule has 0 saturated carbocycles. The van der Waals surface area contributed by atoms with Gasteiger partial charge in [0.1, 0.15) is 0 Å². The quantitative estimate of drug-likeness (QED) is 0.552. The van der Waals surface area contributed by atoms with Gasteiger partial charge in [0, 0.05) is 24.5 Å². The number of aromatic nitrogens is 2. The highest BCUT2D eigenvalue weighted by Gasteiger charge is 2.17. The molecule has 7 heteroatoms. The van der Waals surface area contributed by atoms with Crippen LogP contribution in [0.3, 0.4) is 0 Å². The van der Waals surface area contributed by atoms with Crippen molar-refractivity contribution in [2.45, 2.75) is 56.7 Å². The van der Waals surface area contributed by atoms with E-state index >= 15 is 0 Å². The van der Waals surface area contributed by atoms with Gasteiger partial charge in [0.2, 0.25) is 5.13 Å². The van der Waals surface area contributed by atoms with E-state index in [0.717, 1.165) is 57.9 Å². The number of hydrogen-bond donors (Lipinski definition) is 1. The summed E-state index contributed by atoms with van der Waals surface area (Å²) in [5, 5.41) is 12.7. The molecule has 5 nitrogen and oxygen atoms in total. The van der Waals surface area contributed by atoms with E-state index in [1.54, 1.807) is 30.0 Å². The lowest BCUT2D eigenvalue weighted by Gasteiger charge is -2.15. The molecule has 26 heavy (non-hydrogen) atoms. The standard InChI is InChI=1S/C19H25N3O2S2/c1-11-8-12(2)17(14(4)23)13(3)16(11)10-25-19-22-21-18(26-19)20-9-15-6-5-7-24-15/h8,15H,5-7,9-10H2,1-4H3,(H,20,21). The third-order valence-corrected chi connectivity index (χ3v) is 6.78. The number of carbonyl (C=O) groups excluding carboxylic acids is 1. The molecule has 0 bridgehead atoms. The number of ketones is 1. The highest BCUT2D eigenvalue weighted by molar-refractivity contribution is 8.00. The monoisotopic (exact) mass is 391 g/mol. The van der Waals surface area contributed by atoms with E-state index in [-0.39, 0.29) is 11.9 Å². The van der Waals surface area contributed by atoms with Crippen LogP contribution < -0.4 is 5.32 Å². The molecule has 0 amide bonds. The van der Waals surface area contributed by atoms with Crippen LogP contribution in [-0.2, 0) is 10.5 Å². The van der Waals surface area contributed by atoms with E-state index in [9.17, 15) is 4.79 Å². The maximum Gasteiger partial charge on any atom is 0.206 e. The van der Waals surface area contributed by atoms with Gasteiger partial charge in [-0.05, 0) is 62.8 Å². The van der Waals surface area contributed by atoms with E-state index in [2.05, 4.69) is 28.5 Å². The first kappa shape index (κ1) is 19.3. The second-order valence-electron chi connectivity index (χ2n) is 6.72. The second kappa shape index (κ2) is 8.50. The molecule has 1 fully saturated rings. The number of benzene rings is 1. The second-order valence-corrected chi connectivity index (χ2v) is 8.92. The number of anilines is 1. The molecule has 1 aromatic heterocycles. The van der Waals surface area contributed by atoms with E-state index in [4.69, 9.17) is 4.74 Å². The van der Waals surface area contributed by atoms with Gasteiger partial charge in [0.15, 0.2) is 10.1 Å². The Hall–Kier alpha value is -1.44. The molecule has 140 valence electrons. The van der Waals surface area contributed by atoms with Gasteiger partial charge in [-0.1, -0.05) is 29.2 Å². The number of ether oxygens (including phenoxy) is 1. The molecule has 2 aromatic rings. The minimum Gasteiger partial charge on any atom is -0.376 e. The molecular formula is C19H25N3O2S2. The van der Waals surface area contributed by atoms with Crippen LogP contribution in [0.15, 0.2) is 10.4 Å². The summed E-state index contributed by atoms with van der Waals surface area (Å²) in [6.07, 6.45) is 2.54. The van der Waals surface area contributed by atoms with Crippen molar-refractivity contribution in [3.8, 4) is 0 Å². The average Bonchev–Trinajstić information content (AvgIpc) is 3.23. The number of rotatable bonds is 7.